The zero-order chi connectivity index (χ0) is 25.8. The van der Waals surface area contributed by atoms with E-state index in [1.54, 1.807) is 31.3 Å². The van der Waals surface area contributed by atoms with Gasteiger partial charge in [-0.3, -0.25) is 4.79 Å². The monoisotopic (exact) mass is 501 g/mol. The highest BCUT2D eigenvalue weighted by Crippen LogP contribution is 2.42. The number of carboxylic acids is 1. The van der Waals surface area contributed by atoms with E-state index >= 15 is 4.39 Å². The van der Waals surface area contributed by atoms with Crippen molar-refractivity contribution in [3.63, 3.8) is 0 Å². The minimum atomic E-state index is -0.900. The van der Waals surface area contributed by atoms with Gasteiger partial charge in [0.1, 0.15) is 23.8 Å². The number of rotatable bonds is 8. The molecule has 3 atom stereocenters. The second kappa shape index (κ2) is 11.0. The molecule has 1 N–H and O–H groups in total. The lowest BCUT2D eigenvalue weighted by atomic mass is 9.96. The van der Waals surface area contributed by atoms with Gasteiger partial charge in [0, 0.05) is 29.8 Å². The molecule has 0 saturated carbocycles. The largest absolute Gasteiger partial charge is 0.486 e. The maximum atomic E-state index is 15.0. The van der Waals surface area contributed by atoms with Crippen LogP contribution in [0.5, 0.6) is 11.6 Å². The Labute approximate surface area is 215 Å². The Kier molecular flexibility index (Phi) is 7.38. The van der Waals surface area contributed by atoms with E-state index < -0.39 is 12.1 Å². The molecule has 1 aliphatic heterocycles. The van der Waals surface area contributed by atoms with E-state index in [1.807, 2.05) is 24.3 Å². The maximum absolute atomic E-state index is 15.0. The number of benzene rings is 2. The van der Waals surface area contributed by atoms with Gasteiger partial charge in [0.2, 0.25) is 5.88 Å². The molecule has 0 bridgehead atoms. The van der Waals surface area contributed by atoms with Crippen molar-refractivity contribution in [2.75, 3.05) is 13.2 Å². The van der Waals surface area contributed by atoms with Crippen LogP contribution in [0.1, 0.15) is 54.9 Å². The Morgan fingerprint density at radius 1 is 1.16 bits per heavy atom. The zero-order valence-corrected chi connectivity index (χ0v) is 20.6. The summed E-state index contributed by atoms with van der Waals surface area (Å²) < 4.78 is 32.4. The number of aromatic nitrogens is 1. The van der Waals surface area contributed by atoms with Crippen LogP contribution >= 0.6 is 0 Å². The van der Waals surface area contributed by atoms with Crippen LogP contribution in [0.3, 0.4) is 0 Å². The molecule has 2 heterocycles. The quantitative estimate of drug-likeness (QED) is 0.399. The number of carbonyl (C=O) groups is 1. The molecular weight excluding hydrogens is 473 g/mol. The van der Waals surface area contributed by atoms with Crippen LogP contribution in [0.2, 0.25) is 0 Å². The molecule has 5 rings (SSSR count). The predicted molar refractivity (Wildman–Crippen MR) is 136 cm³/mol. The zero-order valence-electron chi connectivity index (χ0n) is 20.6. The summed E-state index contributed by atoms with van der Waals surface area (Å²) in [7, 11) is 0. The number of fused-ring (bicyclic) bond motifs is 1. The van der Waals surface area contributed by atoms with Crippen LogP contribution in [-0.2, 0) is 16.0 Å². The topological polar surface area (TPSA) is 77.9 Å². The van der Waals surface area contributed by atoms with Crippen LogP contribution in [0.25, 0.3) is 11.1 Å². The van der Waals surface area contributed by atoms with Crippen LogP contribution < -0.4 is 9.47 Å². The lowest BCUT2D eigenvalue weighted by molar-refractivity contribution is -0.137. The van der Waals surface area contributed by atoms with Crippen LogP contribution in [-0.4, -0.2) is 35.4 Å². The Morgan fingerprint density at radius 3 is 2.68 bits per heavy atom. The molecule has 37 heavy (non-hydrogen) atoms. The third kappa shape index (κ3) is 5.60. The first-order valence-electron chi connectivity index (χ1n) is 12.4. The van der Waals surface area contributed by atoms with Crippen molar-refractivity contribution in [1.82, 2.24) is 4.98 Å². The molecule has 1 unspecified atom stereocenters. The van der Waals surface area contributed by atoms with E-state index in [9.17, 15) is 4.79 Å². The Hall–Kier alpha value is -3.89. The van der Waals surface area contributed by atoms with Gasteiger partial charge in [0.25, 0.3) is 0 Å². The fourth-order valence-corrected chi connectivity index (χ4v) is 4.99. The van der Waals surface area contributed by atoms with Gasteiger partial charge in [-0.2, -0.15) is 0 Å². The third-order valence-electron chi connectivity index (χ3n) is 6.76. The number of ether oxygens (including phenoxy) is 3. The van der Waals surface area contributed by atoms with Gasteiger partial charge in [0.05, 0.1) is 25.6 Å². The van der Waals surface area contributed by atoms with Gasteiger partial charge in [-0.25, -0.2) is 9.37 Å². The first-order valence-corrected chi connectivity index (χ1v) is 12.4. The molecule has 1 saturated heterocycles. The molecule has 2 aliphatic rings. The van der Waals surface area contributed by atoms with Crippen molar-refractivity contribution in [2.45, 2.75) is 50.7 Å². The number of halogens is 1. The van der Waals surface area contributed by atoms with E-state index in [1.165, 1.54) is 6.07 Å². The maximum Gasteiger partial charge on any atom is 0.304 e. The van der Waals surface area contributed by atoms with Gasteiger partial charge >= 0.3 is 5.97 Å². The molecule has 6 nitrogen and oxygen atoms in total. The van der Waals surface area contributed by atoms with Gasteiger partial charge in [-0.1, -0.05) is 24.1 Å². The summed E-state index contributed by atoms with van der Waals surface area (Å²) in [5, 5.41) is 9.17. The molecule has 1 fully saturated rings. The first kappa shape index (κ1) is 24.8. The number of aliphatic carboxylic acids is 1. The van der Waals surface area contributed by atoms with E-state index in [-0.39, 0.29) is 24.3 Å². The molecule has 1 aromatic heterocycles. The first-order chi connectivity index (χ1) is 18.0. The SMILES string of the molecule is CC#CC(CC(=O)O)c1ccc(O[C@@H]2CCc3c(-c4ccc(O[C@@H]5CCOC5)nc4)ccc(F)c32)cc1. The highest BCUT2D eigenvalue weighted by atomic mass is 19.1. The summed E-state index contributed by atoms with van der Waals surface area (Å²) >= 11 is 0. The molecule has 190 valence electrons. The standard InChI is InChI=1S/C30H28FNO5/c1-2-3-20(16-29(33)34)19-4-7-22(8-5-19)36-27-12-10-25-24(9-11-26(31)30(25)27)21-6-13-28(32-17-21)37-23-14-15-35-18-23/h4-9,11,13,17,20,23,27H,10,12,14-16,18H2,1H3,(H,33,34)/t20?,23-,27-/m1/s1. The van der Waals surface area contributed by atoms with E-state index in [4.69, 9.17) is 19.3 Å². The molecule has 3 aromatic rings. The fourth-order valence-electron chi connectivity index (χ4n) is 4.99. The molecule has 0 spiro atoms. The van der Waals surface area contributed by atoms with Crippen LogP contribution in [0.15, 0.2) is 54.7 Å². The summed E-state index contributed by atoms with van der Waals surface area (Å²) in [5.41, 5.74) is 4.16. The van der Waals surface area contributed by atoms with Gasteiger partial charge in [-0.05, 0) is 60.7 Å². The van der Waals surface area contributed by atoms with E-state index in [0.29, 0.717) is 43.2 Å². The minimum Gasteiger partial charge on any atom is -0.486 e. The van der Waals surface area contributed by atoms with E-state index in [2.05, 4.69) is 16.8 Å². The Balaban J connectivity index is 1.33. The molecule has 1 aliphatic carbocycles. The molecular formula is C30H28FNO5. The van der Waals surface area contributed by atoms with Gasteiger partial charge in [0.15, 0.2) is 0 Å². The number of hydrogen-bond donors (Lipinski definition) is 1. The van der Waals surface area contributed by atoms with Crippen molar-refractivity contribution < 1.29 is 28.5 Å². The second-order valence-electron chi connectivity index (χ2n) is 9.23. The summed E-state index contributed by atoms with van der Waals surface area (Å²) in [6, 6.07) is 14.3. The number of hydrogen-bond acceptors (Lipinski definition) is 5. The van der Waals surface area contributed by atoms with E-state index in [0.717, 1.165) is 28.7 Å². The molecule has 2 aromatic carbocycles. The summed E-state index contributed by atoms with van der Waals surface area (Å²) in [4.78, 5) is 15.6. The van der Waals surface area contributed by atoms with Crippen molar-refractivity contribution >= 4 is 5.97 Å². The van der Waals surface area contributed by atoms with Crippen LogP contribution in [0, 0.1) is 17.7 Å². The van der Waals surface area contributed by atoms with Gasteiger partial charge < -0.3 is 19.3 Å². The second-order valence-corrected chi connectivity index (χ2v) is 9.23. The van der Waals surface area contributed by atoms with Crippen molar-refractivity contribution in [3.05, 3.63) is 77.2 Å². The third-order valence-corrected chi connectivity index (χ3v) is 6.76. The van der Waals surface area contributed by atoms with Crippen molar-refractivity contribution in [3.8, 4) is 34.6 Å². The number of carboxylic acid groups (broad SMARTS) is 1. The molecule has 7 heteroatoms. The minimum absolute atomic E-state index is 0.0306. The molecule has 0 radical (unpaired) electrons. The van der Waals surface area contributed by atoms with Crippen molar-refractivity contribution in [1.29, 1.82) is 0 Å². The van der Waals surface area contributed by atoms with Crippen LogP contribution in [0.4, 0.5) is 4.39 Å². The fraction of sp³-hybridized carbons (Fsp3) is 0.333. The summed E-state index contributed by atoms with van der Waals surface area (Å²) in [6.07, 6.45) is 3.52. The lowest BCUT2D eigenvalue weighted by Gasteiger charge is -2.17. The normalized spacial score (nSPS) is 19.0. The van der Waals surface area contributed by atoms with Gasteiger partial charge in [-0.15, -0.1) is 5.92 Å². The molecule has 0 amide bonds. The lowest BCUT2D eigenvalue weighted by Crippen LogP contribution is -2.16. The number of nitrogens with zero attached hydrogens (tertiary/aromatic N) is 1. The predicted octanol–water partition coefficient (Wildman–Crippen LogP) is 5.70. The highest BCUT2D eigenvalue weighted by Gasteiger charge is 2.30. The average Bonchev–Trinajstić information content (AvgIpc) is 3.56. The smallest absolute Gasteiger partial charge is 0.304 e. The summed E-state index contributed by atoms with van der Waals surface area (Å²) in [6.45, 7) is 2.97. The Morgan fingerprint density at radius 2 is 2.00 bits per heavy atom. The highest BCUT2D eigenvalue weighted by molar-refractivity contribution is 5.70. The Bertz CT molecular complexity index is 1320. The van der Waals surface area contributed by atoms with Crippen molar-refractivity contribution in [2.24, 2.45) is 0 Å². The average molecular weight is 502 g/mol. The summed E-state index contributed by atoms with van der Waals surface area (Å²) in [5.74, 6) is 5.32. The number of pyridine rings is 1.